The van der Waals surface area contributed by atoms with E-state index >= 15 is 0 Å². The van der Waals surface area contributed by atoms with E-state index in [-0.39, 0.29) is 11.5 Å². The van der Waals surface area contributed by atoms with Crippen LogP contribution in [0.2, 0.25) is 0 Å². The Kier molecular flexibility index (Phi) is 6.92. The molecule has 0 saturated carbocycles. The molecule has 10 heteroatoms. The van der Waals surface area contributed by atoms with Gasteiger partial charge in [-0.25, -0.2) is 4.98 Å². The average molecular weight is 551 g/mol. The fraction of sp³-hybridized carbons (Fsp3) is 0.393. The summed E-state index contributed by atoms with van der Waals surface area (Å²) in [6.45, 7) is 2.67. The molecular formula is C28H30N4O4S2. The van der Waals surface area contributed by atoms with Crippen molar-refractivity contribution in [1.82, 2.24) is 14.5 Å². The van der Waals surface area contributed by atoms with Gasteiger partial charge in [-0.1, -0.05) is 23.9 Å². The van der Waals surface area contributed by atoms with Crippen LogP contribution in [0.25, 0.3) is 10.2 Å². The molecule has 0 spiro atoms. The maximum absolute atomic E-state index is 13.1. The van der Waals surface area contributed by atoms with Crippen LogP contribution in [0.1, 0.15) is 39.6 Å². The van der Waals surface area contributed by atoms with Crippen LogP contribution < -0.4 is 15.2 Å². The molecule has 8 nitrogen and oxygen atoms in total. The van der Waals surface area contributed by atoms with E-state index < -0.39 is 0 Å². The van der Waals surface area contributed by atoms with Crippen molar-refractivity contribution in [1.29, 1.82) is 0 Å². The third-order valence-corrected chi connectivity index (χ3v) is 9.60. The summed E-state index contributed by atoms with van der Waals surface area (Å²) in [7, 11) is 3.46. The predicted molar refractivity (Wildman–Crippen MR) is 151 cm³/mol. The molecule has 4 aromatic rings. The van der Waals surface area contributed by atoms with Gasteiger partial charge in [0.15, 0.2) is 10.9 Å². The van der Waals surface area contributed by atoms with Crippen LogP contribution in [-0.4, -0.2) is 53.6 Å². The molecule has 0 atom stereocenters. The number of amides is 1. The van der Waals surface area contributed by atoms with Gasteiger partial charge in [0, 0.05) is 38.1 Å². The second kappa shape index (κ2) is 10.5. The number of ether oxygens (including phenoxy) is 1. The van der Waals surface area contributed by atoms with Crippen LogP contribution in [0.3, 0.4) is 0 Å². The number of furan rings is 1. The lowest BCUT2D eigenvalue weighted by Crippen LogP contribution is -2.48. The van der Waals surface area contributed by atoms with E-state index in [1.807, 2.05) is 35.2 Å². The second-order valence-corrected chi connectivity index (χ2v) is 11.7. The van der Waals surface area contributed by atoms with Gasteiger partial charge in [-0.15, -0.1) is 11.3 Å². The third-order valence-electron chi connectivity index (χ3n) is 7.36. The number of para-hydroxylation sites is 2. The highest BCUT2D eigenvalue weighted by molar-refractivity contribution is 7.98. The molecule has 198 valence electrons. The SMILES string of the molecule is COc1ccccc1N1CCN(C(=O)c2ccc(CSc3nc4sc5c(c4c(=O)n3C)CCCC5)o2)CC1. The van der Waals surface area contributed by atoms with Gasteiger partial charge in [0.1, 0.15) is 16.3 Å². The summed E-state index contributed by atoms with van der Waals surface area (Å²) in [5.41, 5.74) is 2.28. The van der Waals surface area contributed by atoms with Crippen LogP contribution in [0, 0.1) is 0 Å². The Morgan fingerprint density at radius 1 is 1.11 bits per heavy atom. The van der Waals surface area contributed by atoms with Gasteiger partial charge in [0.2, 0.25) is 0 Å². The fourth-order valence-electron chi connectivity index (χ4n) is 5.30. The standard InChI is InChI=1S/C28H30N4O4S2/c1-30-27(34)24-19-7-3-6-10-23(19)38-25(24)29-28(30)37-17-18-11-12-22(36-18)26(33)32-15-13-31(14-16-32)20-8-4-5-9-21(20)35-2/h4-5,8-9,11-12H,3,6-7,10,13-17H2,1-2H3. The fourth-order valence-corrected chi connectivity index (χ4v) is 7.47. The lowest BCUT2D eigenvalue weighted by atomic mass is 9.97. The Morgan fingerprint density at radius 2 is 1.89 bits per heavy atom. The number of aryl methyl sites for hydroxylation is 2. The summed E-state index contributed by atoms with van der Waals surface area (Å²) in [5, 5.41) is 1.46. The molecule has 0 N–H and O–H groups in total. The van der Waals surface area contributed by atoms with Crippen molar-refractivity contribution in [2.75, 3.05) is 38.2 Å². The van der Waals surface area contributed by atoms with E-state index in [0.717, 1.165) is 54.0 Å². The lowest BCUT2D eigenvalue weighted by Gasteiger charge is -2.36. The molecule has 1 fully saturated rings. The number of thioether (sulfide) groups is 1. The van der Waals surface area contributed by atoms with Crippen molar-refractivity contribution >= 4 is 44.9 Å². The molecule has 6 rings (SSSR count). The molecule has 4 heterocycles. The van der Waals surface area contributed by atoms with Gasteiger partial charge in [-0.3, -0.25) is 14.2 Å². The highest BCUT2D eigenvalue weighted by Gasteiger charge is 2.26. The number of carbonyl (C=O) groups is 1. The number of nitrogens with zero attached hydrogens (tertiary/aromatic N) is 4. The molecule has 1 amide bonds. The highest BCUT2D eigenvalue weighted by atomic mass is 32.2. The summed E-state index contributed by atoms with van der Waals surface area (Å²) in [6.07, 6.45) is 4.33. The van der Waals surface area contributed by atoms with Crippen molar-refractivity contribution in [2.24, 2.45) is 7.05 Å². The molecule has 38 heavy (non-hydrogen) atoms. The normalized spacial score (nSPS) is 15.6. The third kappa shape index (κ3) is 4.60. The summed E-state index contributed by atoms with van der Waals surface area (Å²) < 4.78 is 13.1. The smallest absolute Gasteiger partial charge is 0.289 e. The van der Waals surface area contributed by atoms with Gasteiger partial charge in [-0.2, -0.15) is 0 Å². The first kappa shape index (κ1) is 25.1. The minimum Gasteiger partial charge on any atom is -0.495 e. The predicted octanol–water partition coefficient (Wildman–Crippen LogP) is 4.73. The first-order valence-electron chi connectivity index (χ1n) is 12.9. The Morgan fingerprint density at radius 3 is 2.71 bits per heavy atom. The van der Waals surface area contributed by atoms with Crippen LogP contribution in [0.5, 0.6) is 5.75 Å². The first-order valence-corrected chi connectivity index (χ1v) is 14.7. The number of benzene rings is 1. The van der Waals surface area contributed by atoms with E-state index in [1.54, 1.807) is 36.1 Å². The largest absolute Gasteiger partial charge is 0.495 e. The zero-order valence-corrected chi connectivity index (χ0v) is 23.2. The number of methoxy groups -OCH3 is 1. The maximum Gasteiger partial charge on any atom is 0.289 e. The molecule has 1 aromatic carbocycles. The molecule has 1 aliphatic carbocycles. The number of hydrogen-bond acceptors (Lipinski definition) is 8. The Labute approximate surface area is 229 Å². The molecule has 0 bridgehead atoms. The number of anilines is 1. The molecule has 3 aromatic heterocycles. The quantitative estimate of drug-likeness (QED) is 0.254. The van der Waals surface area contributed by atoms with Crippen LogP contribution >= 0.6 is 23.1 Å². The minimum absolute atomic E-state index is 0.0273. The summed E-state index contributed by atoms with van der Waals surface area (Å²) in [6, 6.07) is 11.5. The molecular weight excluding hydrogens is 520 g/mol. The number of thiophene rings is 1. The molecule has 0 unspecified atom stereocenters. The minimum atomic E-state index is -0.1000. The van der Waals surface area contributed by atoms with E-state index in [2.05, 4.69) is 4.90 Å². The first-order chi connectivity index (χ1) is 18.5. The van der Waals surface area contributed by atoms with Crippen LogP contribution in [0.4, 0.5) is 5.69 Å². The summed E-state index contributed by atoms with van der Waals surface area (Å²) >= 11 is 3.12. The maximum atomic E-state index is 13.1. The van der Waals surface area contributed by atoms with E-state index in [4.69, 9.17) is 14.1 Å². The lowest BCUT2D eigenvalue weighted by molar-refractivity contribution is 0.0713. The number of fused-ring (bicyclic) bond motifs is 3. The topological polar surface area (TPSA) is 80.8 Å². The average Bonchev–Trinajstić information content (AvgIpc) is 3.58. The van der Waals surface area contributed by atoms with Crippen molar-refractivity contribution in [3.8, 4) is 5.75 Å². The second-order valence-electron chi connectivity index (χ2n) is 9.66. The van der Waals surface area contributed by atoms with Gasteiger partial charge < -0.3 is 19.0 Å². The number of piperazine rings is 1. The number of carbonyl (C=O) groups excluding carboxylic acids is 1. The summed E-state index contributed by atoms with van der Waals surface area (Å²) in [5.74, 6) is 2.26. The molecule has 1 aliphatic heterocycles. The highest BCUT2D eigenvalue weighted by Crippen LogP contribution is 2.35. The van der Waals surface area contributed by atoms with Crippen molar-refractivity contribution in [3.63, 3.8) is 0 Å². The Bertz CT molecular complexity index is 1550. The van der Waals surface area contributed by atoms with Gasteiger partial charge in [0.05, 0.1) is 23.9 Å². The van der Waals surface area contributed by atoms with Gasteiger partial charge in [-0.05, 0) is 55.5 Å². The van der Waals surface area contributed by atoms with Crippen molar-refractivity contribution in [2.45, 2.75) is 36.6 Å². The molecule has 2 aliphatic rings. The Balaban J connectivity index is 1.10. The number of hydrogen-bond donors (Lipinski definition) is 0. The summed E-state index contributed by atoms with van der Waals surface area (Å²) in [4.78, 5) is 37.3. The van der Waals surface area contributed by atoms with Crippen molar-refractivity contribution < 1.29 is 13.9 Å². The zero-order valence-electron chi connectivity index (χ0n) is 21.6. The number of rotatable bonds is 6. The number of aromatic nitrogens is 2. The Hall–Kier alpha value is -3.24. The monoisotopic (exact) mass is 550 g/mol. The van der Waals surface area contributed by atoms with E-state index in [1.165, 1.54) is 28.6 Å². The van der Waals surface area contributed by atoms with E-state index in [9.17, 15) is 9.59 Å². The van der Waals surface area contributed by atoms with Gasteiger partial charge >= 0.3 is 0 Å². The van der Waals surface area contributed by atoms with Crippen molar-refractivity contribution in [3.05, 3.63) is 68.7 Å². The van der Waals surface area contributed by atoms with Crippen LogP contribution in [0.15, 0.2) is 50.8 Å². The van der Waals surface area contributed by atoms with E-state index in [0.29, 0.717) is 35.5 Å². The molecule has 0 radical (unpaired) electrons. The van der Waals surface area contributed by atoms with Gasteiger partial charge in [0.25, 0.3) is 11.5 Å². The van der Waals surface area contributed by atoms with Crippen LogP contribution in [-0.2, 0) is 25.6 Å². The zero-order chi connectivity index (χ0) is 26.2. The molecule has 1 saturated heterocycles.